The number of aromatic nitrogens is 2. The Labute approximate surface area is 173 Å². The number of aromatic amines is 1. The van der Waals surface area contributed by atoms with E-state index in [9.17, 15) is 4.79 Å². The Morgan fingerprint density at radius 1 is 1.03 bits per heavy atom. The van der Waals surface area contributed by atoms with Gasteiger partial charge in [-0.2, -0.15) is 10.2 Å². The number of nitrogens with one attached hydrogen (secondary N) is 2. The van der Waals surface area contributed by atoms with E-state index in [2.05, 4.69) is 20.7 Å². The number of amides is 1. The van der Waals surface area contributed by atoms with Crippen molar-refractivity contribution in [3.8, 4) is 22.8 Å². The summed E-state index contributed by atoms with van der Waals surface area (Å²) in [6, 6.07) is 21.0. The molecule has 0 saturated carbocycles. The quantitative estimate of drug-likeness (QED) is 0.378. The van der Waals surface area contributed by atoms with Crippen LogP contribution in [0.5, 0.6) is 11.5 Å². The van der Waals surface area contributed by atoms with Crippen molar-refractivity contribution < 1.29 is 14.3 Å². The van der Waals surface area contributed by atoms with Crippen LogP contribution in [0.25, 0.3) is 22.0 Å². The first kappa shape index (κ1) is 19.2. The lowest BCUT2D eigenvalue weighted by molar-refractivity contribution is 0.0950. The summed E-state index contributed by atoms with van der Waals surface area (Å²) in [5, 5.41) is 13.2. The average Bonchev–Trinajstić information content (AvgIpc) is 3.29. The second-order valence-electron chi connectivity index (χ2n) is 6.50. The second kappa shape index (κ2) is 8.48. The van der Waals surface area contributed by atoms with E-state index in [4.69, 9.17) is 9.47 Å². The van der Waals surface area contributed by atoms with Crippen LogP contribution in [0, 0.1) is 0 Å². The van der Waals surface area contributed by atoms with E-state index in [1.807, 2.05) is 42.5 Å². The zero-order valence-corrected chi connectivity index (χ0v) is 16.5. The fraction of sp³-hybridized carbons (Fsp3) is 0.0870. The van der Waals surface area contributed by atoms with Gasteiger partial charge in [0.25, 0.3) is 5.91 Å². The zero-order valence-electron chi connectivity index (χ0n) is 16.5. The highest BCUT2D eigenvalue weighted by Crippen LogP contribution is 2.32. The van der Waals surface area contributed by atoms with Crippen molar-refractivity contribution in [1.82, 2.24) is 15.6 Å². The third-order valence-corrected chi connectivity index (χ3v) is 4.70. The number of H-pyrrole nitrogens is 1. The molecule has 0 fully saturated rings. The Balaban J connectivity index is 1.52. The van der Waals surface area contributed by atoms with Crippen molar-refractivity contribution >= 4 is 22.9 Å². The van der Waals surface area contributed by atoms with Gasteiger partial charge in [0.15, 0.2) is 0 Å². The van der Waals surface area contributed by atoms with Crippen molar-refractivity contribution in [2.75, 3.05) is 14.2 Å². The topological polar surface area (TPSA) is 88.6 Å². The molecule has 2 N–H and O–H groups in total. The number of hydrogen-bond donors (Lipinski definition) is 2. The van der Waals surface area contributed by atoms with Gasteiger partial charge >= 0.3 is 0 Å². The van der Waals surface area contributed by atoms with Gasteiger partial charge in [0.05, 0.1) is 26.1 Å². The number of ether oxygens (including phenoxy) is 2. The van der Waals surface area contributed by atoms with Crippen LogP contribution < -0.4 is 14.9 Å². The summed E-state index contributed by atoms with van der Waals surface area (Å²) < 4.78 is 10.6. The molecule has 0 unspecified atom stereocenters. The number of hydrogen-bond acceptors (Lipinski definition) is 5. The monoisotopic (exact) mass is 400 g/mol. The maximum absolute atomic E-state index is 12.5. The fourth-order valence-electron chi connectivity index (χ4n) is 3.17. The molecule has 0 saturated heterocycles. The number of methoxy groups -OCH3 is 2. The summed E-state index contributed by atoms with van der Waals surface area (Å²) in [6.07, 6.45) is 1.63. The molecule has 0 atom stereocenters. The Morgan fingerprint density at radius 2 is 1.87 bits per heavy atom. The maximum Gasteiger partial charge on any atom is 0.289 e. The first-order valence-electron chi connectivity index (χ1n) is 9.28. The highest BCUT2D eigenvalue weighted by Gasteiger charge is 2.14. The largest absolute Gasteiger partial charge is 0.497 e. The zero-order chi connectivity index (χ0) is 20.9. The minimum Gasteiger partial charge on any atom is -0.497 e. The maximum atomic E-state index is 12.5. The van der Waals surface area contributed by atoms with Gasteiger partial charge in [0.2, 0.25) is 0 Å². The highest BCUT2D eigenvalue weighted by atomic mass is 16.5. The Bertz CT molecular complexity index is 1220. The lowest BCUT2D eigenvalue weighted by Crippen LogP contribution is -2.18. The Kier molecular flexibility index (Phi) is 5.43. The molecule has 30 heavy (non-hydrogen) atoms. The van der Waals surface area contributed by atoms with Gasteiger partial charge < -0.3 is 9.47 Å². The molecule has 1 heterocycles. The molecule has 7 nitrogen and oxygen atoms in total. The predicted molar refractivity (Wildman–Crippen MR) is 116 cm³/mol. The van der Waals surface area contributed by atoms with Gasteiger partial charge in [-0.1, -0.05) is 42.5 Å². The number of hydrazone groups is 1. The Hall–Kier alpha value is -4.13. The van der Waals surface area contributed by atoms with E-state index in [0.29, 0.717) is 22.8 Å². The number of carbonyl (C=O) groups is 1. The molecule has 0 bridgehead atoms. The fourth-order valence-corrected chi connectivity index (χ4v) is 3.17. The molecule has 7 heteroatoms. The SMILES string of the molecule is COc1ccc(OC)c(-c2cc(C(=O)NN=Cc3cccc4ccccc34)[nH]n2)c1. The number of carbonyl (C=O) groups excluding carboxylic acids is 1. The molecule has 0 aliphatic carbocycles. The summed E-state index contributed by atoms with van der Waals surface area (Å²) in [4.78, 5) is 12.5. The smallest absolute Gasteiger partial charge is 0.289 e. The van der Waals surface area contributed by atoms with Crippen LogP contribution >= 0.6 is 0 Å². The van der Waals surface area contributed by atoms with Gasteiger partial charge in [0, 0.05) is 11.1 Å². The molecule has 4 rings (SSSR count). The first-order chi connectivity index (χ1) is 14.7. The first-order valence-corrected chi connectivity index (χ1v) is 9.28. The third kappa shape index (κ3) is 3.86. The van der Waals surface area contributed by atoms with E-state index in [1.165, 1.54) is 0 Å². The van der Waals surface area contributed by atoms with E-state index >= 15 is 0 Å². The number of rotatable bonds is 6. The van der Waals surface area contributed by atoms with E-state index in [1.54, 1.807) is 44.7 Å². The van der Waals surface area contributed by atoms with Crippen LogP contribution in [0.2, 0.25) is 0 Å². The summed E-state index contributed by atoms with van der Waals surface area (Å²) in [6.45, 7) is 0. The minimum absolute atomic E-state index is 0.282. The molecule has 3 aromatic carbocycles. The molecular formula is C23H20N4O3. The van der Waals surface area contributed by atoms with Crippen molar-refractivity contribution in [1.29, 1.82) is 0 Å². The standard InChI is InChI=1S/C23H20N4O3/c1-29-17-10-11-22(30-2)19(12-17)20-13-21(26-25-20)23(28)27-24-14-16-8-5-7-15-6-3-4-9-18(15)16/h3-14H,1-2H3,(H,25,26)(H,27,28). The van der Waals surface area contributed by atoms with Gasteiger partial charge in [-0.3, -0.25) is 9.89 Å². The highest BCUT2D eigenvalue weighted by molar-refractivity contribution is 6.00. The van der Waals surface area contributed by atoms with Crippen LogP contribution in [-0.4, -0.2) is 36.5 Å². The number of nitrogens with zero attached hydrogens (tertiary/aromatic N) is 2. The van der Waals surface area contributed by atoms with Crippen molar-refractivity contribution in [2.24, 2.45) is 5.10 Å². The minimum atomic E-state index is -0.396. The van der Waals surface area contributed by atoms with E-state index < -0.39 is 5.91 Å². The van der Waals surface area contributed by atoms with Crippen LogP contribution in [0.15, 0.2) is 71.8 Å². The third-order valence-electron chi connectivity index (χ3n) is 4.70. The molecule has 0 spiro atoms. The van der Waals surface area contributed by atoms with Crippen LogP contribution in [0.4, 0.5) is 0 Å². The molecular weight excluding hydrogens is 380 g/mol. The lowest BCUT2D eigenvalue weighted by atomic mass is 10.1. The van der Waals surface area contributed by atoms with Crippen molar-refractivity contribution in [3.63, 3.8) is 0 Å². The van der Waals surface area contributed by atoms with Gasteiger partial charge in [-0.15, -0.1) is 0 Å². The lowest BCUT2D eigenvalue weighted by Gasteiger charge is -2.08. The van der Waals surface area contributed by atoms with Gasteiger partial charge in [0.1, 0.15) is 17.2 Å². The van der Waals surface area contributed by atoms with Crippen molar-refractivity contribution in [3.05, 3.63) is 78.0 Å². The molecule has 0 aliphatic rings. The molecule has 150 valence electrons. The number of fused-ring (bicyclic) bond motifs is 1. The summed E-state index contributed by atoms with van der Waals surface area (Å²) in [5.74, 6) is 0.898. The van der Waals surface area contributed by atoms with Crippen molar-refractivity contribution in [2.45, 2.75) is 0 Å². The molecule has 1 aromatic heterocycles. The molecule has 1 amide bonds. The number of benzene rings is 3. The summed E-state index contributed by atoms with van der Waals surface area (Å²) >= 11 is 0. The predicted octanol–water partition coefficient (Wildman–Crippen LogP) is 4.01. The normalized spacial score (nSPS) is 11.0. The van der Waals surface area contributed by atoms with E-state index in [0.717, 1.165) is 16.3 Å². The van der Waals surface area contributed by atoms with Gasteiger partial charge in [-0.25, -0.2) is 5.43 Å². The molecule has 0 aliphatic heterocycles. The van der Waals surface area contributed by atoms with Gasteiger partial charge in [-0.05, 0) is 35.0 Å². The van der Waals surface area contributed by atoms with Crippen LogP contribution in [-0.2, 0) is 0 Å². The Morgan fingerprint density at radius 3 is 2.70 bits per heavy atom. The van der Waals surface area contributed by atoms with E-state index in [-0.39, 0.29) is 5.69 Å². The molecule has 0 radical (unpaired) electrons. The summed E-state index contributed by atoms with van der Waals surface area (Å²) in [7, 11) is 3.16. The van der Waals surface area contributed by atoms with Crippen LogP contribution in [0.3, 0.4) is 0 Å². The second-order valence-corrected chi connectivity index (χ2v) is 6.50. The molecule has 4 aromatic rings. The average molecular weight is 400 g/mol. The summed E-state index contributed by atoms with van der Waals surface area (Å²) in [5.41, 5.74) is 5.01. The van der Waals surface area contributed by atoms with Crippen LogP contribution in [0.1, 0.15) is 16.1 Å².